The number of nitrogens with one attached hydrogen (secondary N) is 1. The largest absolute Gasteiger partial charge is 0.353 e. The molecule has 0 spiro atoms. The number of amides is 1. The first-order valence-electron chi connectivity index (χ1n) is 9.99. The molecule has 1 amide bonds. The number of anilines is 1. The molecule has 1 saturated heterocycles. The molecule has 4 rings (SSSR count). The lowest BCUT2D eigenvalue weighted by atomic mass is 10.0. The second kappa shape index (κ2) is 8.88. The van der Waals surface area contributed by atoms with E-state index in [9.17, 15) is 4.79 Å². The zero-order chi connectivity index (χ0) is 20.1. The Bertz CT molecular complexity index is 945. The average molecular weight is 386 g/mol. The molecule has 1 aliphatic rings. The van der Waals surface area contributed by atoms with Crippen LogP contribution < -0.4 is 10.2 Å². The van der Waals surface area contributed by atoms with Gasteiger partial charge in [-0.1, -0.05) is 60.7 Å². The van der Waals surface area contributed by atoms with Gasteiger partial charge < -0.3 is 15.1 Å². The van der Waals surface area contributed by atoms with Crippen LogP contribution in [0, 0.1) is 0 Å². The zero-order valence-corrected chi connectivity index (χ0v) is 16.7. The molecule has 0 saturated carbocycles. The Labute approximate surface area is 172 Å². The minimum Gasteiger partial charge on any atom is -0.353 e. The van der Waals surface area contributed by atoms with Crippen molar-refractivity contribution in [2.24, 2.45) is 0 Å². The van der Waals surface area contributed by atoms with Gasteiger partial charge in [-0.2, -0.15) is 0 Å². The molecule has 148 valence electrons. The van der Waals surface area contributed by atoms with Crippen LogP contribution in [0.3, 0.4) is 0 Å². The Kier molecular flexibility index (Phi) is 5.86. The third-order valence-corrected chi connectivity index (χ3v) is 5.30. The van der Waals surface area contributed by atoms with Gasteiger partial charge in [0.2, 0.25) is 0 Å². The fourth-order valence-corrected chi connectivity index (χ4v) is 3.74. The van der Waals surface area contributed by atoms with E-state index in [4.69, 9.17) is 0 Å². The van der Waals surface area contributed by atoms with Crippen LogP contribution in [-0.2, 0) is 6.54 Å². The maximum Gasteiger partial charge on any atom is 0.254 e. The molecule has 29 heavy (non-hydrogen) atoms. The van der Waals surface area contributed by atoms with Crippen LogP contribution in [-0.4, -0.2) is 42.5 Å². The zero-order valence-electron chi connectivity index (χ0n) is 16.7. The van der Waals surface area contributed by atoms with Gasteiger partial charge in [0.1, 0.15) is 5.82 Å². The number of benzene rings is 2. The fourth-order valence-electron chi connectivity index (χ4n) is 3.74. The number of hydrogen-bond acceptors (Lipinski definition) is 4. The Morgan fingerprint density at radius 1 is 1.10 bits per heavy atom. The maximum atomic E-state index is 12.9. The predicted molar refractivity (Wildman–Crippen MR) is 116 cm³/mol. The summed E-state index contributed by atoms with van der Waals surface area (Å²) in [6.45, 7) is 3.16. The van der Waals surface area contributed by atoms with Gasteiger partial charge in [-0.25, -0.2) is 4.98 Å². The highest BCUT2D eigenvalue weighted by atomic mass is 16.2. The SMILES string of the molecule is CN(Cc1ccccc1)C(=O)c1ccnc(N2CCN[C@@H](c3ccccc3)C2)c1. The van der Waals surface area contributed by atoms with E-state index < -0.39 is 0 Å². The van der Waals surface area contributed by atoms with E-state index in [0.29, 0.717) is 12.1 Å². The number of pyridine rings is 1. The second-order valence-corrected chi connectivity index (χ2v) is 7.41. The molecule has 0 aliphatic carbocycles. The molecule has 2 aromatic carbocycles. The summed E-state index contributed by atoms with van der Waals surface area (Å²) < 4.78 is 0. The summed E-state index contributed by atoms with van der Waals surface area (Å²) in [5, 5.41) is 3.57. The van der Waals surface area contributed by atoms with E-state index in [-0.39, 0.29) is 11.9 Å². The van der Waals surface area contributed by atoms with Crippen LogP contribution in [0.25, 0.3) is 0 Å². The van der Waals surface area contributed by atoms with E-state index in [1.165, 1.54) is 5.56 Å². The highest BCUT2D eigenvalue weighted by Crippen LogP contribution is 2.22. The quantitative estimate of drug-likeness (QED) is 0.729. The van der Waals surface area contributed by atoms with Gasteiger partial charge in [-0.15, -0.1) is 0 Å². The number of carbonyl (C=O) groups is 1. The summed E-state index contributed by atoms with van der Waals surface area (Å²) in [7, 11) is 1.84. The van der Waals surface area contributed by atoms with E-state index >= 15 is 0 Å². The van der Waals surface area contributed by atoms with Crippen molar-refractivity contribution in [2.45, 2.75) is 12.6 Å². The molecular weight excluding hydrogens is 360 g/mol. The number of rotatable bonds is 5. The molecule has 1 aliphatic heterocycles. The van der Waals surface area contributed by atoms with Crippen molar-refractivity contribution in [3.8, 4) is 0 Å². The van der Waals surface area contributed by atoms with Crippen molar-refractivity contribution in [3.63, 3.8) is 0 Å². The first-order valence-corrected chi connectivity index (χ1v) is 9.99. The highest BCUT2D eigenvalue weighted by molar-refractivity contribution is 5.94. The molecule has 1 fully saturated rings. The molecule has 0 bridgehead atoms. The minimum atomic E-state index is 0.00671. The van der Waals surface area contributed by atoms with Crippen LogP contribution in [0.1, 0.15) is 27.5 Å². The second-order valence-electron chi connectivity index (χ2n) is 7.41. The van der Waals surface area contributed by atoms with E-state index in [2.05, 4.69) is 39.5 Å². The van der Waals surface area contributed by atoms with Crippen LogP contribution in [0.2, 0.25) is 0 Å². The van der Waals surface area contributed by atoms with Gasteiger partial charge >= 0.3 is 0 Å². The first kappa shape index (κ1) is 19.2. The fraction of sp³-hybridized carbons (Fsp3) is 0.250. The van der Waals surface area contributed by atoms with E-state index in [0.717, 1.165) is 31.0 Å². The van der Waals surface area contributed by atoms with Gasteiger partial charge in [0.25, 0.3) is 5.91 Å². The van der Waals surface area contributed by atoms with Crippen molar-refractivity contribution >= 4 is 11.7 Å². The average Bonchev–Trinajstić information content (AvgIpc) is 2.80. The summed E-state index contributed by atoms with van der Waals surface area (Å²) in [4.78, 5) is 21.5. The molecular formula is C24H26N4O. The molecule has 1 N–H and O–H groups in total. The standard InChI is InChI=1S/C24H26N4O/c1-27(17-19-8-4-2-5-9-19)24(29)21-12-13-26-23(16-21)28-15-14-25-22(18-28)20-10-6-3-7-11-20/h2-13,16,22,25H,14-15,17-18H2,1H3/t22-/m1/s1. The maximum absolute atomic E-state index is 12.9. The summed E-state index contributed by atoms with van der Waals surface area (Å²) in [6.07, 6.45) is 1.73. The molecule has 0 unspecified atom stereocenters. The number of carbonyl (C=O) groups excluding carboxylic acids is 1. The van der Waals surface area contributed by atoms with Crippen molar-refractivity contribution in [1.82, 2.24) is 15.2 Å². The molecule has 2 heterocycles. The van der Waals surface area contributed by atoms with Crippen molar-refractivity contribution < 1.29 is 4.79 Å². The Morgan fingerprint density at radius 3 is 2.59 bits per heavy atom. The normalized spacial score (nSPS) is 16.4. The predicted octanol–water partition coefficient (Wildman–Crippen LogP) is 3.50. The van der Waals surface area contributed by atoms with Crippen molar-refractivity contribution in [3.05, 3.63) is 95.7 Å². The molecule has 3 aromatic rings. The first-order chi connectivity index (χ1) is 14.2. The van der Waals surface area contributed by atoms with Crippen LogP contribution in [0.15, 0.2) is 79.0 Å². The van der Waals surface area contributed by atoms with Crippen molar-refractivity contribution in [2.75, 3.05) is 31.6 Å². The summed E-state index contributed by atoms with van der Waals surface area (Å²) in [6, 6.07) is 24.5. The number of aromatic nitrogens is 1. The van der Waals surface area contributed by atoms with Crippen molar-refractivity contribution in [1.29, 1.82) is 0 Å². The van der Waals surface area contributed by atoms with Crippen LogP contribution in [0.4, 0.5) is 5.82 Å². The Hall–Kier alpha value is -3.18. The van der Waals surface area contributed by atoms with E-state index in [1.54, 1.807) is 17.2 Å². The third-order valence-electron chi connectivity index (χ3n) is 5.30. The molecule has 1 atom stereocenters. The van der Waals surface area contributed by atoms with Crippen LogP contribution >= 0.6 is 0 Å². The summed E-state index contributed by atoms with van der Waals surface area (Å²) >= 11 is 0. The lowest BCUT2D eigenvalue weighted by Gasteiger charge is -2.35. The molecule has 1 aromatic heterocycles. The monoisotopic (exact) mass is 386 g/mol. The van der Waals surface area contributed by atoms with E-state index in [1.807, 2.05) is 49.5 Å². The molecule has 5 heteroatoms. The van der Waals surface area contributed by atoms with Crippen LogP contribution in [0.5, 0.6) is 0 Å². The van der Waals surface area contributed by atoms with Gasteiger partial charge in [0.05, 0.1) is 0 Å². The van der Waals surface area contributed by atoms with Gasteiger partial charge in [-0.3, -0.25) is 4.79 Å². The summed E-state index contributed by atoms with van der Waals surface area (Å²) in [5.74, 6) is 0.860. The number of hydrogen-bond donors (Lipinski definition) is 1. The van der Waals surface area contributed by atoms with Gasteiger partial charge in [0.15, 0.2) is 0 Å². The topological polar surface area (TPSA) is 48.5 Å². The number of nitrogens with zero attached hydrogens (tertiary/aromatic N) is 3. The van der Waals surface area contributed by atoms with Gasteiger partial charge in [0, 0.05) is 51.0 Å². The smallest absolute Gasteiger partial charge is 0.254 e. The minimum absolute atomic E-state index is 0.00671. The summed E-state index contributed by atoms with van der Waals surface area (Å²) in [5.41, 5.74) is 3.06. The number of piperazine rings is 1. The highest BCUT2D eigenvalue weighted by Gasteiger charge is 2.22. The van der Waals surface area contributed by atoms with Gasteiger partial charge in [-0.05, 0) is 23.3 Å². The third kappa shape index (κ3) is 4.63. The Balaban J connectivity index is 1.47. The lowest BCUT2D eigenvalue weighted by molar-refractivity contribution is 0.0785. The lowest BCUT2D eigenvalue weighted by Crippen LogP contribution is -2.46. The molecule has 5 nitrogen and oxygen atoms in total. The Morgan fingerprint density at radius 2 is 1.83 bits per heavy atom. The molecule has 0 radical (unpaired) electrons.